The fraction of sp³-hybridized carbons (Fsp3) is 0.381. The van der Waals surface area contributed by atoms with Gasteiger partial charge in [-0.25, -0.2) is 13.2 Å². The van der Waals surface area contributed by atoms with Gasteiger partial charge in [0.1, 0.15) is 29.2 Å². The molecule has 4 heterocycles. The van der Waals surface area contributed by atoms with Gasteiger partial charge in [0, 0.05) is 49.9 Å². The fourth-order valence-corrected chi connectivity index (χ4v) is 4.97. The number of benzene rings is 1. The number of carbonyl (C=O) groups excluding carboxylic acids is 2. The zero-order valence-corrected chi connectivity index (χ0v) is 16.9. The molecular formula is C21H19F3N4O4. The van der Waals surface area contributed by atoms with Crippen LogP contribution in [0.2, 0.25) is 0 Å². The van der Waals surface area contributed by atoms with Gasteiger partial charge in [-0.15, -0.1) is 0 Å². The highest BCUT2D eigenvalue weighted by atomic mass is 19.1. The van der Waals surface area contributed by atoms with E-state index in [0.29, 0.717) is 24.6 Å². The lowest BCUT2D eigenvalue weighted by molar-refractivity contribution is -0.0000729. The Kier molecular flexibility index (Phi) is 4.47. The zero-order chi connectivity index (χ0) is 22.9. The van der Waals surface area contributed by atoms with Crippen LogP contribution in [0, 0.1) is 29.3 Å². The summed E-state index contributed by atoms with van der Waals surface area (Å²) in [5.74, 6) is -5.20. The van der Waals surface area contributed by atoms with Crippen LogP contribution < -0.4 is 15.8 Å². The summed E-state index contributed by atoms with van der Waals surface area (Å²) in [6.07, 6.45) is 2.86. The number of piperidine rings is 2. The van der Waals surface area contributed by atoms with Crippen LogP contribution in [0.1, 0.15) is 39.3 Å². The lowest BCUT2D eigenvalue weighted by Gasteiger charge is -2.58. The first-order valence-electron chi connectivity index (χ1n) is 10.1. The number of aromatic nitrogens is 1. The van der Waals surface area contributed by atoms with E-state index < -0.39 is 58.1 Å². The van der Waals surface area contributed by atoms with Crippen molar-refractivity contribution in [1.82, 2.24) is 14.9 Å². The lowest BCUT2D eigenvalue weighted by atomic mass is 9.69. The summed E-state index contributed by atoms with van der Waals surface area (Å²) in [5.41, 5.74) is -2.36. The highest BCUT2D eigenvalue weighted by molar-refractivity contribution is 5.99. The molecular weight excluding hydrogens is 429 g/mol. The second kappa shape index (κ2) is 7.01. The molecule has 2 N–H and O–H groups in total. The lowest BCUT2D eigenvalue weighted by Crippen LogP contribution is -2.70. The van der Waals surface area contributed by atoms with Crippen molar-refractivity contribution in [2.24, 2.45) is 11.8 Å². The van der Waals surface area contributed by atoms with Gasteiger partial charge in [-0.2, -0.15) is 0 Å². The van der Waals surface area contributed by atoms with Gasteiger partial charge in [0.2, 0.25) is 5.43 Å². The number of carbonyl (C=O) groups is 2. The molecule has 32 heavy (non-hydrogen) atoms. The SMILES string of the molecule is CN1C(=O)c2c(O)c(=O)c(C(=O)NCc3c(F)cc(F)cc3F)cn2N2C[C@H]3C[C@H](C3)[C@@H]12. The van der Waals surface area contributed by atoms with E-state index in [1.807, 2.05) is 5.01 Å². The first kappa shape index (κ1) is 20.4. The van der Waals surface area contributed by atoms with Gasteiger partial charge in [0.05, 0.1) is 0 Å². The van der Waals surface area contributed by atoms with Gasteiger partial charge in [-0.05, 0) is 18.8 Å². The minimum absolute atomic E-state index is 0.234. The van der Waals surface area contributed by atoms with Crippen LogP contribution in [0.3, 0.4) is 0 Å². The predicted molar refractivity (Wildman–Crippen MR) is 105 cm³/mol. The van der Waals surface area contributed by atoms with Gasteiger partial charge in [0.15, 0.2) is 11.4 Å². The Labute approximate surface area is 179 Å². The summed E-state index contributed by atoms with van der Waals surface area (Å²) in [5, 5.41) is 14.5. The van der Waals surface area contributed by atoms with E-state index in [2.05, 4.69) is 5.32 Å². The van der Waals surface area contributed by atoms with Crippen molar-refractivity contribution in [3.8, 4) is 5.75 Å². The Morgan fingerprint density at radius 1 is 1.19 bits per heavy atom. The van der Waals surface area contributed by atoms with Crippen molar-refractivity contribution in [1.29, 1.82) is 0 Å². The maximum absolute atomic E-state index is 13.9. The van der Waals surface area contributed by atoms with Crippen molar-refractivity contribution in [2.45, 2.75) is 25.6 Å². The molecule has 2 bridgehead atoms. The summed E-state index contributed by atoms with van der Waals surface area (Å²) in [4.78, 5) is 39.7. The van der Waals surface area contributed by atoms with Crippen LogP contribution in [-0.2, 0) is 6.54 Å². The second-order valence-corrected chi connectivity index (χ2v) is 8.49. The van der Waals surface area contributed by atoms with Crippen molar-refractivity contribution < 1.29 is 27.9 Å². The molecule has 2 saturated heterocycles. The average Bonchev–Trinajstić information content (AvgIpc) is 2.71. The number of nitrogens with zero attached hydrogens (tertiary/aromatic N) is 3. The third kappa shape index (κ3) is 2.87. The molecule has 3 aliphatic heterocycles. The second-order valence-electron chi connectivity index (χ2n) is 8.49. The Hall–Kier alpha value is -3.50. The van der Waals surface area contributed by atoms with Crippen LogP contribution in [0.5, 0.6) is 5.75 Å². The van der Waals surface area contributed by atoms with E-state index in [0.717, 1.165) is 12.8 Å². The van der Waals surface area contributed by atoms with Crippen LogP contribution in [0.4, 0.5) is 13.2 Å². The Morgan fingerprint density at radius 3 is 2.50 bits per heavy atom. The number of halogens is 3. The number of nitrogens with one attached hydrogen (secondary N) is 1. The van der Waals surface area contributed by atoms with Gasteiger partial charge in [0.25, 0.3) is 11.8 Å². The molecule has 168 valence electrons. The molecule has 2 aromatic rings. The Balaban J connectivity index is 1.49. The van der Waals surface area contributed by atoms with Gasteiger partial charge >= 0.3 is 0 Å². The minimum atomic E-state index is -1.18. The molecule has 3 fully saturated rings. The normalized spacial score (nSPS) is 23.4. The largest absolute Gasteiger partial charge is 0.502 e. The first-order valence-corrected chi connectivity index (χ1v) is 10.1. The summed E-state index contributed by atoms with van der Waals surface area (Å²) in [6.45, 7) is -0.0575. The van der Waals surface area contributed by atoms with Crippen molar-refractivity contribution in [3.63, 3.8) is 0 Å². The molecule has 1 aromatic carbocycles. The van der Waals surface area contributed by atoms with Gasteiger partial charge < -0.3 is 15.3 Å². The monoisotopic (exact) mass is 448 g/mol. The molecule has 11 heteroatoms. The number of pyridine rings is 1. The summed E-state index contributed by atoms with van der Waals surface area (Å²) < 4.78 is 42.1. The smallest absolute Gasteiger partial charge is 0.277 e. The molecule has 0 unspecified atom stereocenters. The van der Waals surface area contributed by atoms with Gasteiger partial charge in [-0.1, -0.05) is 0 Å². The maximum Gasteiger partial charge on any atom is 0.277 e. The van der Waals surface area contributed by atoms with Crippen LogP contribution in [0.25, 0.3) is 0 Å². The number of rotatable bonds is 3. The molecule has 4 aliphatic rings. The number of aromatic hydroxyl groups is 1. The number of amides is 2. The molecule has 1 aliphatic carbocycles. The Bertz CT molecular complexity index is 1200. The quantitative estimate of drug-likeness (QED) is 0.738. The average molecular weight is 448 g/mol. The molecule has 1 saturated carbocycles. The van der Waals surface area contributed by atoms with Crippen LogP contribution >= 0.6 is 0 Å². The molecule has 8 nitrogen and oxygen atoms in total. The van der Waals surface area contributed by atoms with E-state index in [-0.39, 0.29) is 17.8 Å². The van der Waals surface area contributed by atoms with Crippen LogP contribution in [0.15, 0.2) is 23.1 Å². The summed E-state index contributed by atoms with van der Waals surface area (Å²) in [6, 6.07) is 0.961. The fourth-order valence-electron chi connectivity index (χ4n) is 4.97. The van der Waals surface area contributed by atoms with Crippen molar-refractivity contribution in [3.05, 3.63) is 62.8 Å². The van der Waals surface area contributed by atoms with E-state index >= 15 is 0 Å². The first-order chi connectivity index (χ1) is 15.2. The standard InChI is InChI=1S/C21H19F3N4O4/c1-26-20-10-2-9(3-10)7-28(20)27-8-13(17(29)18(30)16(27)21(26)32)19(31)25-6-12-14(23)4-11(22)5-15(12)24/h4-5,8-10,20,30H,2-3,6-7H2,1H3,(H,25,31)/t9-,10+,20-/m0/s1. The number of hydrogen-bond acceptors (Lipinski definition) is 5. The highest BCUT2D eigenvalue weighted by Gasteiger charge is 2.51. The molecule has 1 atom stereocenters. The van der Waals surface area contributed by atoms with E-state index in [4.69, 9.17) is 0 Å². The topological polar surface area (TPSA) is 94.9 Å². The van der Waals surface area contributed by atoms with E-state index in [1.165, 1.54) is 15.8 Å². The summed E-state index contributed by atoms with van der Waals surface area (Å²) >= 11 is 0. The van der Waals surface area contributed by atoms with E-state index in [1.54, 1.807) is 7.05 Å². The third-order valence-corrected chi connectivity index (χ3v) is 6.58. The molecule has 6 rings (SSSR count). The molecule has 0 radical (unpaired) electrons. The molecule has 0 spiro atoms. The number of fused-ring (bicyclic) bond motifs is 1. The van der Waals surface area contributed by atoms with Crippen molar-refractivity contribution >= 4 is 11.8 Å². The minimum Gasteiger partial charge on any atom is -0.502 e. The highest BCUT2D eigenvalue weighted by Crippen LogP contribution is 2.45. The summed E-state index contributed by atoms with van der Waals surface area (Å²) in [7, 11) is 1.61. The van der Waals surface area contributed by atoms with Gasteiger partial charge in [-0.3, -0.25) is 24.1 Å². The van der Waals surface area contributed by atoms with Crippen molar-refractivity contribution in [2.75, 3.05) is 18.6 Å². The van der Waals surface area contributed by atoms with Crippen LogP contribution in [-0.4, -0.2) is 46.3 Å². The molecule has 1 aromatic heterocycles. The maximum atomic E-state index is 13.9. The van der Waals surface area contributed by atoms with E-state index in [9.17, 15) is 32.7 Å². The molecule has 2 amide bonds. The Morgan fingerprint density at radius 2 is 1.84 bits per heavy atom. The number of hydrogen-bond donors (Lipinski definition) is 2. The zero-order valence-electron chi connectivity index (χ0n) is 16.9. The third-order valence-electron chi connectivity index (χ3n) is 6.58. The predicted octanol–water partition coefficient (Wildman–Crippen LogP) is 1.29.